The highest BCUT2D eigenvalue weighted by atomic mass is 35.5. The van der Waals surface area contributed by atoms with Gasteiger partial charge in [0.05, 0.1) is 18.5 Å². The summed E-state index contributed by atoms with van der Waals surface area (Å²) in [4.78, 5) is 12.5. The van der Waals surface area contributed by atoms with Crippen LogP contribution >= 0.6 is 11.6 Å². The molecule has 0 aromatic heterocycles. The number of benzene rings is 3. The second-order valence-electron chi connectivity index (χ2n) is 6.73. The third-order valence-corrected chi connectivity index (χ3v) is 5.91. The van der Waals surface area contributed by atoms with Crippen molar-refractivity contribution >= 4 is 38.9 Å². The zero-order valence-electron chi connectivity index (χ0n) is 16.1. The van der Waals surface area contributed by atoms with E-state index in [1.165, 1.54) is 4.31 Å². The largest absolute Gasteiger partial charge is 0.322 e. The van der Waals surface area contributed by atoms with Crippen molar-refractivity contribution in [2.24, 2.45) is 0 Å². The van der Waals surface area contributed by atoms with E-state index in [0.717, 1.165) is 11.8 Å². The first-order valence-corrected chi connectivity index (χ1v) is 11.2. The summed E-state index contributed by atoms with van der Waals surface area (Å²) in [5.74, 6) is -0.266. The van der Waals surface area contributed by atoms with Gasteiger partial charge >= 0.3 is 0 Å². The highest BCUT2D eigenvalue weighted by Gasteiger charge is 2.19. The van der Waals surface area contributed by atoms with Crippen molar-refractivity contribution in [3.05, 3.63) is 94.5 Å². The lowest BCUT2D eigenvalue weighted by Gasteiger charge is -2.23. The van der Waals surface area contributed by atoms with Crippen LogP contribution in [0.15, 0.2) is 72.8 Å². The Hall–Kier alpha value is -2.83. The predicted octanol–water partition coefficient (Wildman–Crippen LogP) is 4.87. The van der Waals surface area contributed by atoms with Gasteiger partial charge in [0.25, 0.3) is 5.91 Å². The third-order valence-electron chi connectivity index (χ3n) is 4.40. The molecule has 0 aliphatic heterocycles. The molecular weight excluding hydrogens is 408 g/mol. The van der Waals surface area contributed by atoms with Crippen LogP contribution in [0.25, 0.3) is 0 Å². The molecule has 0 unspecified atom stereocenters. The summed E-state index contributed by atoms with van der Waals surface area (Å²) in [5.41, 5.74) is 3.38. The molecule has 0 fully saturated rings. The zero-order valence-corrected chi connectivity index (χ0v) is 17.7. The molecule has 0 heterocycles. The fourth-order valence-corrected chi connectivity index (χ4v) is 3.87. The van der Waals surface area contributed by atoms with Gasteiger partial charge in [0.15, 0.2) is 0 Å². The van der Waals surface area contributed by atoms with Crippen LogP contribution in [0.2, 0.25) is 5.02 Å². The van der Waals surface area contributed by atoms with Gasteiger partial charge < -0.3 is 5.32 Å². The Kier molecular flexibility index (Phi) is 6.25. The number of aryl methyl sites for hydroxylation is 1. The van der Waals surface area contributed by atoms with E-state index in [0.29, 0.717) is 27.5 Å². The Morgan fingerprint density at radius 3 is 2.17 bits per heavy atom. The number of carbonyl (C=O) groups excluding carboxylic acids is 1. The van der Waals surface area contributed by atoms with E-state index in [2.05, 4.69) is 5.32 Å². The zero-order chi connectivity index (χ0) is 21.0. The second-order valence-corrected chi connectivity index (χ2v) is 9.04. The molecule has 3 aromatic carbocycles. The van der Waals surface area contributed by atoms with Crippen molar-refractivity contribution < 1.29 is 13.2 Å². The van der Waals surface area contributed by atoms with Gasteiger partial charge in [-0.05, 0) is 55.0 Å². The molecular formula is C22H21ClN2O3S. The Bertz CT molecular complexity index is 1110. The molecule has 150 valence electrons. The van der Waals surface area contributed by atoms with Gasteiger partial charge in [-0.15, -0.1) is 0 Å². The summed E-state index contributed by atoms with van der Waals surface area (Å²) < 4.78 is 25.9. The number of sulfonamides is 1. The quantitative estimate of drug-likeness (QED) is 0.609. The van der Waals surface area contributed by atoms with Crippen LogP contribution in [-0.4, -0.2) is 20.6 Å². The van der Waals surface area contributed by atoms with Crippen molar-refractivity contribution in [1.82, 2.24) is 0 Å². The molecule has 3 rings (SSSR count). The predicted molar refractivity (Wildman–Crippen MR) is 118 cm³/mol. The molecule has 0 radical (unpaired) electrons. The van der Waals surface area contributed by atoms with Gasteiger partial charge in [-0.1, -0.05) is 47.5 Å². The average molecular weight is 429 g/mol. The van der Waals surface area contributed by atoms with Crippen LogP contribution in [0, 0.1) is 6.92 Å². The Balaban J connectivity index is 1.81. The van der Waals surface area contributed by atoms with Gasteiger partial charge in [0, 0.05) is 16.3 Å². The maximum Gasteiger partial charge on any atom is 0.255 e. The van der Waals surface area contributed by atoms with Crippen LogP contribution in [0.5, 0.6) is 0 Å². The molecule has 29 heavy (non-hydrogen) atoms. The molecule has 0 aliphatic rings. The van der Waals surface area contributed by atoms with Gasteiger partial charge in [-0.3, -0.25) is 9.10 Å². The van der Waals surface area contributed by atoms with Crippen LogP contribution in [0.3, 0.4) is 0 Å². The molecule has 1 N–H and O–H groups in total. The highest BCUT2D eigenvalue weighted by molar-refractivity contribution is 7.92. The van der Waals surface area contributed by atoms with E-state index in [4.69, 9.17) is 11.6 Å². The van der Waals surface area contributed by atoms with E-state index in [9.17, 15) is 13.2 Å². The van der Waals surface area contributed by atoms with Gasteiger partial charge in [0.2, 0.25) is 10.0 Å². The summed E-state index contributed by atoms with van der Waals surface area (Å²) in [6, 6.07) is 21.0. The van der Waals surface area contributed by atoms with Crippen LogP contribution < -0.4 is 9.62 Å². The highest BCUT2D eigenvalue weighted by Crippen LogP contribution is 2.24. The van der Waals surface area contributed by atoms with Crippen LogP contribution in [0.4, 0.5) is 11.4 Å². The molecule has 3 aromatic rings. The normalized spacial score (nSPS) is 11.1. The molecule has 0 aliphatic carbocycles. The first-order chi connectivity index (χ1) is 13.7. The van der Waals surface area contributed by atoms with Crippen molar-refractivity contribution in [2.45, 2.75) is 13.5 Å². The standard InChI is InChI=1S/C22H21ClN2O3S/c1-16-7-11-19(12-8-16)24-22(26)17-9-13-20(14-10-17)25(29(2,27)28)15-18-5-3-4-6-21(18)23/h3-14H,15H2,1-2H3,(H,24,26). The lowest BCUT2D eigenvalue weighted by molar-refractivity contribution is 0.102. The number of nitrogens with zero attached hydrogens (tertiary/aromatic N) is 1. The molecule has 1 amide bonds. The van der Waals surface area contributed by atoms with E-state index < -0.39 is 10.0 Å². The van der Waals surface area contributed by atoms with Crippen molar-refractivity contribution in [2.75, 3.05) is 15.9 Å². The Morgan fingerprint density at radius 1 is 0.966 bits per heavy atom. The first-order valence-electron chi connectivity index (χ1n) is 8.93. The fraction of sp³-hybridized carbons (Fsp3) is 0.136. The minimum atomic E-state index is -3.54. The first kappa shape index (κ1) is 20.9. The number of hydrogen-bond acceptors (Lipinski definition) is 3. The SMILES string of the molecule is Cc1ccc(NC(=O)c2ccc(N(Cc3ccccc3Cl)S(C)(=O)=O)cc2)cc1. The minimum absolute atomic E-state index is 0.105. The number of rotatable bonds is 6. The fourth-order valence-electron chi connectivity index (χ4n) is 2.80. The smallest absolute Gasteiger partial charge is 0.255 e. The molecule has 7 heteroatoms. The molecule has 0 atom stereocenters. The number of nitrogens with one attached hydrogen (secondary N) is 1. The topological polar surface area (TPSA) is 66.5 Å². The lowest BCUT2D eigenvalue weighted by atomic mass is 10.1. The number of anilines is 2. The third kappa shape index (κ3) is 5.37. The molecule has 5 nitrogen and oxygen atoms in total. The number of hydrogen-bond donors (Lipinski definition) is 1. The number of halogens is 1. The van der Waals surface area contributed by atoms with E-state index in [-0.39, 0.29) is 12.5 Å². The van der Waals surface area contributed by atoms with E-state index >= 15 is 0 Å². The molecule has 0 saturated heterocycles. The summed E-state index contributed by atoms with van der Waals surface area (Å²) in [6.07, 6.45) is 1.14. The Morgan fingerprint density at radius 2 is 1.59 bits per heavy atom. The van der Waals surface area contributed by atoms with Gasteiger partial charge in [0.1, 0.15) is 0 Å². The second kappa shape index (κ2) is 8.68. The molecule has 0 spiro atoms. The molecule has 0 bridgehead atoms. The maximum absolute atomic E-state index is 12.5. The minimum Gasteiger partial charge on any atom is -0.322 e. The molecule has 0 saturated carbocycles. The maximum atomic E-state index is 12.5. The van der Waals surface area contributed by atoms with Crippen molar-refractivity contribution in [3.8, 4) is 0 Å². The van der Waals surface area contributed by atoms with E-state index in [1.54, 1.807) is 48.5 Å². The van der Waals surface area contributed by atoms with Crippen molar-refractivity contribution in [3.63, 3.8) is 0 Å². The van der Waals surface area contributed by atoms with Crippen molar-refractivity contribution in [1.29, 1.82) is 0 Å². The summed E-state index contributed by atoms with van der Waals surface area (Å²) in [7, 11) is -3.54. The average Bonchev–Trinajstić information content (AvgIpc) is 2.68. The lowest BCUT2D eigenvalue weighted by Crippen LogP contribution is -2.29. The van der Waals surface area contributed by atoms with Crippen LogP contribution in [-0.2, 0) is 16.6 Å². The summed E-state index contributed by atoms with van der Waals surface area (Å²) in [5, 5.41) is 3.32. The number of carbonyl (C=O) groups is 1. The van der Waals surface area contributed by atoms with Gasteiger partial charge in [-0.2, -0.15) is 0 Å². The monoisotopic (exact) mass is 428 g/mol. The number of amides is 1. The Labute approximate surface area is 176 Å². The van der Waals surface area contributed by atoms with Gasteiger partial charge in [-0.25, -0.2) is 8.42 Å². The summed E-state index contributed by atoms with van der Waals surface area (Å²) >= 11 is 6.18. The summed E-state index contributed by atoms with van der Waals surface area (Å²) in [6.45, 7) is 2.08. The van der Waals surface area contributed by atoms with E-state index in [1.807, 2.05) is 31.2 Å². The van der Waals surface area contributed by atoms with Crippen LogP contribution in [0.1, 0.15) is 21.5 Å².